The van der Waals surface area contributed by atoms with Gasteiger partial charge in [-0.3, -0.25) is 4.79 Å². The van der Waals surface area contributed by atoms with E-state index in [-0.39, 0.29) is 24.5 Å². The fraction of sp³-hybridized carbons (Fsp3) is 0.240. The highest BCUT2D eigenvalue weighted by atomic mass is 32.1. The average Bonchev–Trinajstić information content (AvgIpc) is 3.31. The molecule has 0 spiro atoms. The minimum absolute atomic E-state index is 0.0298. The number of nitriles is 1. The summed E-state index contributed by atoms with van der Waals surface area (Å²) in [7, 11) is 0. The van der Waals surface area contributed by atoms with Crippen molar-refractivity contribution in [2.24, 2.45) is 0 Å². The molecule has 0 aliphatic carbocycles. The molecule has 7 heteroatoms. The Morgan fingerprint density at radius 3 is 2.31 bits per heavy atom. The molecule has 3 rings (SSSR count). The van der Waals surface area contributed by atoms with Gasteiger partial charge in [-0.05, 0) is 55.1 Å². The quantitative estimate of drug-likeness (QED) is 0.524. The zero-order valence-corrected chi connectivity index (χ0v) is 19.0. The zero-order chi connectivity index (χ0) is 22.9. The molecule has 2 aromatic carbocycles. The first-order chi connectivity index (χ1) is 15.5. The van der Waals surface area contributed by atoms with Crippen LogP contribution in [0.5, 0.6) is 0 Å². The second-order valence-electron chi connectivity index (χ2n) is 7.66. The van der Waals surface area contributed by atoms with Crippen molar-refractivity contribution in [3.8, 4) is 6.07 Å². The maximum absolute atomic E-state index is 13.3. The van der Waals surface area contributed by atoms with Crippen molar-refractivity contribution in [2.75, 3.05) is 11.9 Å². The van der Waals surface area contributed by atoms with Gasteiger partial charge in [0.05, 0.1) is 18.2 Å². The van der Waals surface area contributed by atoms with Gasteiger partial charge in [-0.1, -0.05) is 36.4 Å². The predicted octanol–water partition coefficient (Wildman–Crippen LogP) is 5.09. The van der Waals surface area contributed by atoms with Gasteiger partial charge in [0.1, 0.15) is 6.54 Å². The number of nitrogens with zero attached hydrogens (tertiary/aromatic N) is 3. The molecule has 0 aliphatic rings. The summed E-state index contributed by atoms with van der Waals surface area (Å²) in [6.07, 6.45) is 0. The average molecular weight is 447 g/mol. The largest absolute Gasteiger partial charge is 0.332 e. The molecule has 0 saturated carbocycles. The number of thiophene rings is 1. The fourth-order valence-corrected chi connectivity index (χ4v) is 3.90. The molecule has 0 radical (unpaired) electrons. The molecule has 164 valence electrons. The summed E-state index contributed by atoms with van der Waals surface area (Å²) in [5.74, 6) is -0.120. The summed E-state index contributed by atoms with van der Waals surface area (Å²) in [6.45, 7) is 4.70. The van der Waals surface area contributed by atoms with Crippen LogP contribution in [0.1, 0.15) is 29.9 Å². The number of rotatable bonds is 8. The van der Waals surface area contributed by atoms with Crippen LogP contribution >= 0.6 is 11.3 Å². The van der Waals surface area contributed by atoms with E-state index in [9.17, 15) is 9.59 Å². The number of amides is 3. The lowest BCUT2D eigenvalue weighted by Gasteiger charge is -2.30. The van der Waals surface area contributed by atoms with Gasteiger partial charge in [0.15, 0.2) is 0 Å². The second kappa shape index (κ2) is 11.1. The van der Waals surface area contributed by atoms with E-state index in [4.69, 9.17) is 5.26 Å². The normalized spacial score (nSPS) is 10.4. The number of hydrogen-bond donors (Lipinski definition) is 1. The molecule has 0 aliphatic heterocycles. The van der Waals surface area contributed by atoms with Gasteiger partial charge in [0, 0.05) is 23.2 Å². The van der Waals surface area contributed by atoms with Crippen molar-refractivity contribution in [1.82, 2.24) is 9.80 Å². The first kappa shape index (κ1) is 23.0. The SMILES string of the molecule is CC(C)N(CC(=O)N(Cc1ccccc1)Cc1cccs1)C(=O)Nc1ccc(C#N)cc1. The van der Waals surface area contributed by atoms with Gasteiger partial charge in [-0.2, -0.15) is 5.26 Å². The van der Waals surface area contributed by atoms with Gasteiger partial charge in [0.25, 0.3) is 0 Å². The van der Waals surface area contributed by atoms with Crippen molar-refractivity contribution >= 4 is 29.0 Å². The Labute approximate surface area is 192 Å². The number of anilines is 1. The first-order valence-corrected chi connectivity index (χ1v) is 11.3. The lowest BCUT2D eigenvalue weighted by atomic mass is 10.2. The molecule has 1 heterocycles. The number of carbonyl (C=O) groups is 2. The molecule has 1 N–H and O–H groups in total. The van der Waals surface area contributed by atoms with Crippen molar-refractivity contribution in [1.29, 1.82) is 5.26 Å². The fourth-order valence-electron chi connectivity index (χ4n) is 3.18. The second-order valence-corrected chi connectivity index (χ2v) is 8.69. The molecule has 3 amide bonds. The third-order valence-electron chi connectivity index (χ3n) is 4.95. The van der Waals surface area contributed by atoms with Crippen LogP contribution in [0, 0.1) is 11.3 Å². The lowest BCUT2D eigenvalue weighted by Crippen LogP contribution is -2.47. The zero-order valence-electron chi connectivity index (χ0n) is 18.2. The van der Waals surface area contributed by atoms with Crippen molar-refractivity contribution < 1.29 is 9.59 Å². The number of nitrogens with one attached hydrogen (secondary N) is 1. The van der Waals surface area contributed by atoms with Crippen LogP contribution in [0.25, 0.3) is 0 Å². The molecular formula is C25H26N4O2S. The predicted molar refractivity (Wildman–Crippen MR) is 127 cm³/mol. The molecule has 0 atom stereocenters. The van der Waals surface area contributed by atoms with E-state index in [1.807, 2.05) is 61.7 Å². The van der Waals surface area contributed by atoms with Gasteiger partial charge in [-0.15, -0.1) is 11.3 Å². The monoisotopic (exact) mass is 446 g/mol. The maximum Gasteiger partial charge on any atom is 0.322 e. The van der Waals surface area contributed by atoms with Crippen LogP contribution in [0.15, 0.2) is 72.1 Å². The number of urea groups is 1. The number of carbonyl (C=O) groups excluding carboxylic acids is 2. The minimum atomic E-state index is -0.353. The smallest absolute Gasteiger partial charge is 0.322 e. The minimum Gasteiger partial charge on any atom is -0.332 e. The van der Waals surface area contributed by atoms with Gasteiger partial charge in [0.2, 0.25) is 5.91 Å². The molecule has 0 bridgehead atoms. The van der Waals surface area contributed by atoms with Crippen LogP contribution in [-0.4, -0.2) is 34.3 Å². The summed E-state index contributed by atoms with van der Waals surface area (Å²) in [5, 5.41) is 13.7. The van der Waals surface area contributed by atoms with Gasteiger partial charge < -0.3 is 15.1 Å². The molecule has 3 aromatic rings. The summed E-state index contributed by atoms with van der Waals surface area (Å²) in [5.41, 5.74) is 2.13. The molecule has 32 heavy (non-hydrogen) atoms. The summed E-state index contributed by atoms with van der Waals surface area (Å²) in [6, 6.07) is 22.0. The Hall–Kier alpha value is -3.63. The molecule has 0 unspecified atom stereocenters. The third kappa shape index (κ3) is 6.43. The van der Waals surface area contributed by atoms with Crippen LogP contribution in [0.3, 0.4) is 0 Å². The Morgan fingerprint density at radius 1 is 1.00 bits per heavy atom. The summed E-state index contributed by atoms with van der Waals surface area (Å²) in [4.78, 5) is 30.6. The van der Waals surface area contributed by atoms with Crippen molar-refractivity contribution in [3.63, 3.8) is 0 Å². The van der Waals surface area contributed by atoms with E-state index in [1.165, 1.54) is 4.90 Å². The van der Waals surface area contributed by atoms with Crippen LogP contribution < -0.4 is 5.32 Å². The summed E-state index contributed by atoms with van der Waals surface area (Å²) >= 11 is 1.61. The van der Waals surface area contributed by atoms with Crippen LogP contribution in [-0.2, 0) is 17.9 Å². The Kier molecular flexibility index (Phi) is 8.01. The van der Waals surface area contributed by atoms with E-state index in [1.54, 1.807) is 40.5 Å². The van der Waals surface area contributed by atoms with Gasteiger partial charge in [-0.25, -0.2) is 4.79 Å². The highest BCUT2D eigenvalue weighted by Crippen LogP contribution is 2.16. The van der Waals surface area contributed by atoms with Gasteiger partial charge >= 0.3 is 6.03 Å². The third-order valence-corrected chi connectivity index (χ3v) is 5.81. The lowest BCUT2D eigenvalue weighted by molar-refractivity contribution is -0.133. The van der Waals surface area contributed by atoms with Crippen LogP contribution in [0.4, 0.5) is 10.5 Å². The van der Waals surface area contributed by atoms with E-state index < -0.39 is 0 Å². The molecular weight excluding hydrogens is 420 g/mol. The Bertz CT molecular complexity index is 1060. The first-order valence-electron chi connectivity index (χ1n) is 10.4. The maximum atomic E-state index is 13.3. The summed E-state index contributed by atoms with van der Waals surface area (Å²) < 4.78 is 0. The van der Waals surface area contributed by atoms with E-state index in [0.717, 1.165) is 10.4 Å². The molecule has 1 aromatic heterocycles. The Morgan fingerprint density at radius 2 is 1.72 bits per heavy atom. The number of hydrogen-bond acceptors (Lipinski definition) is 4. The van der Waals surface area contributed by atoms with E-state index in [2.05, 4.69) is 11.4 Å². The molecule has 6 nitrogen and oxygen atoms in total. The highest BCUT2D eigenvalue weighted by Gasteiger charge is 2.24. The molecule has 0 fully saturated rings. The van der Waals surface area contributed by atoms with Crippen molar-refractivity contribution in [3.05, 3.63) is 88.1 Å². The number of benzene rings is 2. The highest BCUT2D eigenvalue weighted by molar-refractivity contribution is 7.09. The van der Waals surface area contributed by atoms with Crippen molar-refractivity contribution in [2.45, 2.75) is 33.0 Å². The topological polar surface area (TPSA) is 76.4 Å². The van der Waals surface area contributed by atoms with Crippen LogP contribution in [0.2, 0.25) is 0 Å². The Balaban J connectivity index is 1.72. The standard InChI is InChI=1S/C25H26N4O2S/c1-19(2)29(25(31)27-22-12-10-20(15-26)11-13-22)18-24(30)28(17-23-9-6-14-32-23)16-21-7-4-3-5-8-21/h3-14,19H,16-18H2,1-2H3,(H,27,31). The molecule has 0 saturated heterocycles. The van der Waals surface area contributed by atoms with E-state index >= 15 is 0 Å². The van der Waals surface area contributed by atoms with E-state index in [0.29, 0.717) is 24.3 Å².